The van der Waals surface area contributed by atoms with E-state index in [2.05, 4.69) is 137 Å². The summed E-state index contributed by atoms with van der Waals surface area (Å²) >= 11 is 3.50. The smallest absolute Gasteiger partial charge is 0.124 e. The fourth-order valence-corrected chi connectivity index (χ4v) is 7.47. The van der Waals surface area contributed by atoms with E-state index in [4.69, 9.17) is 14.7 Å². The molecule has 0 radical (unpaired) electrons. The lowest BCUT2D eigenvalue weighted by Crippen LogP contribution is -2.34. The van der Waals surface area contributed by atoms with Crippen molar-refractivity contribution in [3.05, 3.63) is 96.1 Å². The Morgan fingerprint density at radius 1 is 0.630 bits per heavy atom. The number of hydrogen-bond acceptors (Lipinski definition) is 7. The van der Waals surface area contributed by atoms with E-state index >= 15 is 0 Å². The van der Waals surface area contributed by atoms with Crippen LogP contribution in [0.3, 0.4) is 0 Å². The maximum absolute atomic E-state index is 6.37. The highest BCUT2D eigenvalue weighted by Crippen LogP contribution is 2.33. The highest BCUT2D eigenvalue weighted by Gasteiger charge is 2.25. The second-order valence-corrected chi connectivity index (χ2v) is 15.7. The SMILES string of the molecule is CCC(C)(CNc1ccc(-c2nc3ccc(C)cc3s2)cc1)COCC(C)(C)CNc1ccc(-c2nc3ccc(C)cc3s2)cc1. The van der Waals surface area contributed by atoms with Crippen molar-refractivity contribution in [1.29, 1.82) is 0 Å². The highest BCUT2D eigenvalue weighted by atomic mass is 32.1. The van der Waals surface area contributed by atoms with Crippen LogP contribution in [0.1, 0.15) is 45.2 Å². The number of hydrogen-bond donors (Lipinski definition) is 2. The quantitative estimate of drug-likeness (QED) is 0.130. The molecule has 238 valence electrons. The van der Waals surface area contributed by atoms with Gasteiger partial charge in [0.05, 0.1) is 33.6 Å². The Bertz CT molecular complexity index is 1920. The van der Waals surface area contributed by atoms with E-state index in [0.29, 0.717) is 13.2 Å². The molecule has 0 fully saturated rings. The van der Waals surface area contributed by atoms with Crippen molar-refractivity contribution in [2.75, 3.05) is 36.9 Å². The molecule has 0 amide bonds. The molecular formula is C39H44N4OS2. The van der Waals surface area contributed by atoms with Crippen LogP contribution in [0, 0.1) is 24.7 Å². The summed E-state index contributed by atoms with van der Waals surface area (Å²) in [5.74, 6) is 0. The lowest BCUT2D eigenvalue weighted by molar-refractivity contribution is 0.0160. The molecule has 2 aromatic heterocycles. The molecule has 4 aromatic carbocycles. The molecule has 0 saturated heterocycles. The number of nitrogens with one attached hydrogen (secondary N) is 2. The molecule has 6 rings (SSSR count). The molecule has 1 atom stereocenters. The van der Waals surface area contributed by atoms with Crippen molar-refractivity contribution in [1.82, 2.24) is 9.97 Å². The minimum atomic E-state index is -0.0131. The number of aromatic nitrogens is 2. The maximum Gasteiger partial charge on any atom is 0.124 e. The van der Waals surface area contributed by atoms with Crippen LogP contribution in [-0.4, -0.2) is 36.3 Å². The van der Waals surface area contributed by atoms with Crippen molar-refractivity contribution in [3.63, 3.8) is 0 Å². The average molecular weight is 649 g/mol. The summed E-state index contributed by atoms with van der Waals surface area (Å²) in [7, 11) is 0. The Kier molecular flexibility index (Phi) is 9.46. The van der Waals surface area contributed by atoms with Gasteiger partial charge in [-0.15, -0.1) is 22.7 Å². The van der Waals surface area contributed by atoms with Crippen molar-refractivity contribution in [3.8, 4) is 21.1 Å². The highest BCUT2D eigenvalue weighted by molar-refractivity contribution is 7.22. The van der Waals surface area contributed by atoms with Crippen LogP contribution < -0.4 is 10.6 Å². The van der Waals surface area contributed by atoms with Gasteiger partial charge < -0.3 is 15.4 Å². The molecule has 0 spiro atoms. The Labute approximate surface area is 281 Å². The van der Waals surface area contributed by atoms with E-state index in [1.54, 1.807) is 22.7 Å². The molecule has 2 heterocycles. The fourth-order valence-electron chi connectivity index (χ4n) is 5.33. The van der Waals surface area contributed by atoms with Crippen molar-refractivity contribution in [2.45, 2.75) is 48.0 Å². The number of fused-ring (bicyclic) bond motifs is 2. The third-order valence-electron chi connectivity index (χ3n) is 8.64. The van der Waals surface area contributed by atoms with Gasteiger partial charge in [0, 0.05) is 46.4 Å². The lowest BCUT2D eigenvalue weighted by atomic mass is 9.88. The second-order valence-electron chi connectivity index (χ2n) is 13.7. The van der Waals surface area contributed by atoms with Crippen LogP contribution in [0.15, 0.2) is 84.9 Å². The summed E-state index contributed by atoms with van der Waals surface area (Å²) in [5.41, 5.74) is 9.22. The monoisotopic (exact) mass is 648 g/mol. The van der Waals surface area contributed by atoms with Gasteiger partial charge in [-0.3, -0.25) is 0 Å². The number of rotatable bonds is 13. The first-order valence-electron chi connectivity index (χ1n) is 16.1. The zero-order chi connectivity index (χ0) is 32.3. The molecule has 0 aliphatic rings. The van der Waals surface area contributed by atoms with E-state index in [9.17, 15) is 0 Å². The van der Waals surface area contributed by atoms with Gasteiger partial charge in [-0.25, -0.2) is 9.97 Å². The molecule has 46 heavy (non-hydrogen) atoms. The van der Waals surface area contributed by atoms with E-state index in [1.165, 1.54) is 20.5 Å². The zero-order valence-electron chi connectivity index (χ0n) is 27.7. The number of anilines is 2. The van der Waals surface area contributed by atoms with Crippen LogP contribution in [0.2, 0.25) is 0 Å². The minimum Gasteiger partial charge on any atom is -0.384 e. The predicted octanol–water partition coefficient (Wildman–Crippen LogP) is 10.8. The lowest BCUT2D eigenvalue weighted by Gasteiger charge is -2.32. The minimum absolute atomic E-state index is 0.0131. The van der Waals surface area contributed by atoms with Crippen LogP contribution in [0.4, 0.5) is 11.4 Å². The Morgan fingerprint density at radius 3 is 1.59 bits per heavy atom. The summed E-state index contributed by atoms with van der Waals surface area (Å²) < 4.78 is 8.84. The van der Waals surface area contributed by atoms with Crippen LogP contribution in [0.25, 0.3) is 41.6 Å². The van der Waals surface area contributed by atoms with E-state index in [1.807, 2.05) is 0 Å². The molecular weight excluding hydrogens is 605 g/mol. The van der Waals surface area contributed by atoms with Crippen LogP contribution in [-0.2, 0) is 4.74 Å². The first kappa shape index (κ1) is 32.2. The van der Waals surface area contributed by atoms with Crippen molar-refractivity contribution < 1.29 is 4.74 Å². The standard InChI is InChI=1S/C39H44N4OS2/c1-7-39(6,23-41-31-16-12-29(13-17-31)37-43-33-19-9-27(3)21-35(33)46-37)25-44-24-38(4,5)22-40-30-14-10-28(11-15-30)36-42-32-18-8-26(2)20-34(32)45-36/h8-21,40-41H,7,22-25H2,1-6H3. The summed E-state index contributed by atoms with van der Waals surface area (Å²) in [6.45, 7) is 16.4. The van der Waals surface area contributed by atoms with Crippen molar-refractivity contribution in [2.24, 2.45) is 10.8 Å². The van der Waals surface area contributed by atoms with Gasteiger partial charge in [0.2, 0.25) is 0 Å². The van der Waals surface area contributed by atoms with Gasteiger partial charge in [-0.2, -0.15) is 0 Å². The van der Waals surface area contributed by atoms with Crippen LogP contribution in [0.5, 0.6) is 0 Å². The Hall–Kier alpha value is -3.78. The molecule has 5 nitrogen and oxygen atoms in total. The first-order valence-corrected chi connectivity index (χ1v) is 17.7. The van der Waals surface area contributed by atoms with Gasteiger partial charge >= 0.3 is 0 Å². The topological polar surface area (TPSA) is 59.1 Å². The van der Waals surface area contributed by atoms with E-state index < -0.39 is 0 Å². The molecule has 2 N–H and O–H groups in total. The number of nitrogens with zero attached hydrogens (tertiary/aromatic N) is 2. The molecule has 1 unspecified atom stereocenters. The van der Waals surface area contributed by atoms with Gasteiger partial charge in [0.15, 0.2) is 0 Å². The third-order valence-corrected chi connectivity index (χ3v) is 10.8. The molecule has 7 heteroatoms. The van der Waals surface area contributed by atoms with E-state index in [0.717, 1.165) is 63.1 Å². The normalized spacial score (nSPS) is 13.3. The average Bonchev–Trinajstić information content (AvgIpc) is 3.67. The molecule has 0 aliphatic heterocycles. The third kappa shape index (κ3) is 7.77. The van der Waals surface area contributed by atoms with Gasteiger partial charge in [0.1, 0.15) is 10.0 Å². The molecule has 0 saturated carbocycles. The van der Waals surface area contributed by atoms with Gasteiger partial charge in [0.25, 0.3) is 0 Å². The summed E-state index contributed by atoms with van der Waals surface area (Å²) in [4.78, 5) is 9.66. The number of thiazole rings is 2. The summed E-state index contributed by atoms with van der Waals surface area (Å²) in [6, 6.07) is 30.1. The summed E-state index contributed by atoms with van der Waals surface area (Å²) in [5, 5.41) is 9.40. The van der Waals surface area contributed by atoms with Gasteiger partial charge in [-0.05, 0) is 104 Å². The zero-order valence-corrected chi connectivity index (χ0v) is 29.4. The second kappa shape index (κ2) is 13.5. The largest absolute Gasteiger partial charge is 0.384 e. The number of benzene rings is 4. The maximum atomic E-state index is 6.37. The first-order chi connectivity index (χ1) is 22.1. The number of aryl methyl sites for hydroxylation is 2. The summed E-state index contributed by atoms with van der Waals surface area (Å²) in [6.07, 6.45) is 1.03. The number of ether oxygens (including phenoxy) is 1. The molecule has 0 aliphatic carbocycles. The molecule has 0 bridgehead atoms. The Morgan fingerprint density at radius 2 is 1.11 bits per heavy atom. The molecule has 6 aromatic rings. The van der Waals surface area contributed by atoms with Crippen LogP contribution >= 0.6 is 22.7 Å². The Balaban J connectivity index is 0.967. The van der Waals surface area contributed by atoms with Gasteiger partial charge in [-0.1, -0.05) is 39.8 Å². The van der Waals surface area contributed by atoms with E-state index in [-0.39, 0.29) is 10.8 Å². The predicted molar refractivity (Wildman–Crippen MR) is 200 cm³/mol. The fraction of sp³-hybridized carbons (Fsp3) is 0.333. The van der Waals surface area contributed by atoms with Crippen molar-refractivity contribution >= 4 is 54.5 Å².